The van der Waals surface area contributed by atoms with Crippen LogP contribution in [0.4, 0.5) is 8.78 Å². The lowest BCUT2D eigenvalue weighted by atomic mass is 10.1. The highest BCUT2D eigenvalue weighted by Gasteiger charge is 2.43. The highest BCUT2D eigenvalue weighted by Crippen LogP contribution is 2.36. The Morgan fingerprint density at radius 3 is 2.62 bits per heavy atom. The Morgan fingerprint density at radius 2 is 2.12 bits per heavy atom. The molecule has 1 saturated carbocycles. The second kappa shape index (κ2) is 4.01. The first-order chi connectivity index (χ1) is 7.56. The lowest BCUT2D eigenvalue weighted by Gasteiger charge is -2.14. The standard InChI is InChI=1S/C11H10ClF2NO/c12-6-11(3-4-11)15-10(16)8-2-1-7(13)5-9(8)14/h1-2,5H,3-4,6H2,(H,15,16). The fourth-order valence-corrected chi connectivity index (χ4v) is 1.76. The zero-order valence-corrected chi connectivity index (χ0v) is 9.15. The van der Waals surface area contributed by atoms with Gasteiger partial charge in [-0.2, -0.15) is 0 Å². The van der Waals surface area contributed by atoms with Crippen molar-refractivity contribution >= 4 is 17.5 Å². The molecule has 16 heavy (non-hydrogen) atoms. The smallest absolute Gasteiger partial charge is 0.254 e. The van der Waals surface area contributed by atoms with Crippen LogP contribution in [0.25, 0.3) is 0 Å². The Bertz CT molecular complexity index is 432. The summed E-state index contributed by atoms with van der Waals surface area (Å²) in [6, 6.07) is 2.87. The Labute approximate surface area is 96.6 Å². The van der Waals surface area contributed by atoms with Crippen molar-refractivity contribution in [3.63, 3.8) is 0 Å². The van der Waals surface area contributed by atoms with Gasteiger partial charge in [0.05, 0.1) is 11.1 Å². The number of halogens is 3. The summed E-state index contributed by atoms with van der Waals surface area (Å²) in [6.07, 6.45) is 1.59. The van der Waals surface area contributed by atoms with Gasteiger partial charge in [0.1, 0.15) is 11.6 Å². The predicted molar refractivity (Wildman–Crippen MR) is 56.5 cm³/mol. The van der Waals surface area contributed by atoms with E-state index >= 15 is 0 Å². The van der Waals surface area contributed by atoms with Crippen molar-refractivity contribution in [1.82, 2.24) is 5.32 Å². The fraction of sp³-hybridized carbons (Fsp3) is 0.364. The highest BCUT2D eigenvalue weighted by molar-refractivity contribution is 6.19. The first-order valence-electron chi connectivity index (χ1n) is 4.90. The van der Waals surface area contributed by atoms with Gasteiger partial charge in [-0.25, -0.2) is 8.78 Å². The molecule has 1 aromatic carbocycles. The Hall–Kier alpha value is -1.16. The van der Waals surface area contributed by atoms with Crippen LogP contribution in [0.15, 0.2) is 18.2 Å². The zero-order chi connectivity index (χ0) is 11.8. The van der Waals surface area contributed by atoms with Gasteiger partial charge in [-0.05, 0) is 25.0 Å². The van der Waals surface area contributed by atoms with Crippen LogP contribution in [0, 0.1) is 11.6 Å². The molecule has 0 aromatic heterocycles. The molecule has 0 aliphatic heterocycles. The summed E-state index contributed by atoms with van der Waals surface area (Å²) in [7, 11) is 0. The molecule has 0 saturated heterocycles. The van der Waals surface area contributed by atoms with Crippen LogP contribution in [0.5, 0.6) is 0 Å². The Balaban J connectivity index is 2.15. The quantitative estimate of drug-likeness (QED) is 0.815. The number of hydrogen-bond donors (Lipinski definition) is 1. The minimum atomic E-state index is -0.858. The van der Waals surface area contributed by atoms with Crippen LogP contribution >= 0.6 is 11.6 Å². The molecule has 2 nitrogen and oxygen atoms in total. The predicted octanol–water partition coefficient (Wildman–Crippen LogP) is 2.47. The second-order valence-electron chi connectivity index (χ2n) is 3.99. The Kier molecular flexibility index (Phi) is 2.84. The minimum absolute atomic E-state index is 0.155. The van der Waals surface area contributed by atoms with Crippen molar-refractivity contribution in [2.45, 2.75) is 18.4 Å². The number of nitrogens with one attached hydrogen (secondary N) is 1. The lowest BCUT2D eigenvalue weighted by molar-refractivity contribution is 0.0932. The summed E-state index contributed by atoms with van der Waals surface area (Å²) >= 11 is 5.68. The summed E-state index contributed by atoms with van der Waals surface area (Å²) in [6.45, 7) is 0. The van der Waals surface area contributed by atoms with Crippen LogP contribution in [0.3, 0.4) is 0 Å². The molecule has 0 unspecified atom stereocenters. The maximum atomic E-state index is 13.3. The zero-order valence-electron chi connectivity index (χ0n) is 8.40. The summed E-state index contributed by atoms with van der Waals surface area (Å²) in [5.41, 5.74) is -0.544. The number of alkyl halides is 1. The van der Waals surface area contributed by atoms with E-state index in [4.69, 9.17) is 11.6 Å². The van der Waals surface area contributed by atoms with Gasteiger partial charge in [0.2, 0.25) is 0 Å². The van der Waals surface area contributed by atoms with Gasteiger partial charge in [0.25, 0.3) is 5.91 Å². The molecular formula is C11H10ClF2NO. The molecule has 1 fully saturated rings. The van der Waals surface area contributed by atoms with Gasteiger partial charge in [-0.1, -0.05) is 0 Å². The average Bonchev–Trinajstić information content (AvgIpc) is 2.98. The molecule has 1 aromatic rings. The van der Waals surface area contributed by atoms with Crippen LogP contribution in [0.1, 0.15) is 23.2 Å². The molecule has 0 atom stereocenters. The molecule has 1 aliphatic carbocycles. The van der Waals surface area contributed by atoms with Gasteiger partial charge in [0.15, 0.2) is 0 Å². The molecule has 1 N–H and O–H groups in total. The van der Waals surface area contributed by atoms with Crippen LogP contribution < -0.4 is 5.32 Å². The van der Waals surface area contributed by atoms with E-state index in [0.717, 1.165) is 25.0 Å². The van der Waals surface area contributed by atoms with Gasteiger partial charge < -0.3 is 5.32 Å². The highest BCUT2D eigenvalue weighted by atomic mass is 35.5. The molecular weight excluding hydrogens is 236 g/mol. The van der Waals surface area contributed by atoms with E-state index in [1.165, 1.54) is 0 Å². The second-order valence-corrected chi connectivity index (χ2v) is 4.26. The molecule has 0 bridgehead atoms. The third kappa shape index (κ3) is 2.16. The first-order valence-corrected chi connectivity index (χ1v) is 5.43. The minimum Gasteiger partial charge on any atom is -0.345 e. The van der Waals surface area contributed by atoms with Crippen molar-refractivity contribution in [3.8, 4) is 0 Å². The molecule has 2 rings (SSSR count). The average molecular weight is 246 g/mol. The largest absolute Gasteiger partial charge is 0.345 e. The lowest BCUT2D eigenvalue weighted by Crippen LogP contribution is -2.38. The molecule has 1 aliphatic rings. The summed E-state index contributed by atoms with van der Waals surface area (Å²) in [4.78, 5) is 11.7. The van der Waals surface area contributed by atoms with Crippen molar-refractivity contribution in [2.24, 2.45) is 0 Å². The molecule has 0 heterocycles. The maximum absolute atomic E-state index is 13.3. The molecule has 5 heteroatoms. The van der Waals surface area contributed by atoms with E-state index in [2.05, 4.69) is 5.32 Å². The SMILES string of the molecule is O=C(NC1(CCl)CC1)c1ccc(F)cc1F. The number of amides is 1. The van der Waals surface area contributed by atoms with E-state index in [1.807, 2.05) is 0 Å². The summed E-state index contributed by atoms with van der Waals surface area (Å²) < 4.78 is 25.9. The van der Waals surface area contributed by atoms with Crippen molar-refractivity contribution in [3.05, 3.63) is 35.4 Å². The van der Waals surface area contributed by atoms with E-state index in [0.29, 0.717) is 11.9 Å². The summed E-state index contributed by atoms with van der Waals surface area (Å²) in [5, 5.41) is 2.66. The van der Waals surface area contributed by atoms with Crippen molar-refractivity contribution < 1.29 is 13.6 Å². The molecule has 1 amide bonds. The van der Waals surface area contributed by atoms with Crippen molar-refractivity contribution in [2.75, 3.05) is 5.88 Å². The third-order valence-corrected chi connectivity index (χ3v) is 3.18. The van der Waals surface area contributed by atoms with Gasteiger partial charge >= 0.3 is 0 Å². The molecule has 0 radical (unpaired) electrons. The van der Waals surface area contributed by atoms with E-state index in [9.17, 15) is 13.6 Å². The summed E-state index contributed by atoms with van der Waals surface area (Å²) in [5.74, 6) is -1.80. The first kappa shape index (κ1) is 11.3. The topological polar surface area (TPSA) is 29.1 Å². The van der Waals surface area contributed by atoms with E-state index in [1.54, 1.807) is 0 Å². The van der Waals surface area contributed by atoms with Crippen LogP contribution in [-0.2, 0) is 0 Å². The van der Waals surface area contributed by atoms with E-state index in [-0.39, 0.29) is 11.1 Å². The van der Waals surface area contributed by atoms with E-state index < -0.39 is 17.5 Å². The normalized spacial score (nSPS) is 16.9. The van der Waals surface area contributed by atoms with Crippen LogP contribution in [0.2, 0.25) is 0 Å². The maximum Gasteiger partial charge on any atom is 0.254 e. The molecule has 86 valence electrons. The number of carbonyl (C=O) groups excluding carboxylic acids is 1. The van der Waals surface area contributed by atoms with Gasteiger partial charge in [-0.3, -0.25) is 4.79 Å². The van der Waals surface area contributed by atoms with Gasteiger partial charge in [0, 0.05) is 11.9 Å². The molecule has 0 spiro atoms. The third-order valence-electron chi connectivity index (χ3n) is 2.66. The Morgan fingerprint density at radius 1 is 1.44 bits per heavy atom. The van der Waals surface area contributed by atoms with Crippen molar-refractivity contribution in [1.29, 1.82) is 0 Å². The number of rotatable bonds is 3. The van der Waals surface area contributed by atoms with Crippen LogP contribution in [-0.4, -0.2) is 17.3 Å². The van der Waals surface area contributed by atoms with Gasteiger partial charge in [-0.15, -0.1) is 11.6 Å². The number of hydrogen-bond acceptors (Lipinski definition) is 1. The number of benzene rings is 1. The fourth-order valence-electron chi connectivity index (χ4n) is 1.42. The number of carbonyl (C=O) groups is 1. The monoisotopic (exact) mass is 245 g/mol.